The number of hydrogen-bond acceptors (Lipinski definition) is 3. The molecule has 0 spiro atoms. The van der Waals surface area contributed by atoms with Crippen LogP contribution < -0.4 is 5.32 Å². The SMILES string of the molecule is N#CCC1=Cc2cnccc2NC1. The Balaban J connectivity index is 2.34. The summed E-state index contributed by atoms with van der Waals surface area (Å²) in [4.78, 5) is 4.03. The first-order valence-corrected chi connectivity index (χ1v) is 4.14. The van der Waals surface area contributed by atoms with Crippen LogP contribution in [0.15, 0.2) is 24.0 Å². The van der Waals surface area contributed by atoms with Gasteiger partial charge >= 0.3 is 0 Å². The standard InChI is InChI=1S/C10H9N3/c11-3-1-8-5-9-7-12-4-2-10(9)13-6-8/h2,4-5,7,13H,1,6H2. The van der Waals surface area contributed by atoms with Crippen LogP contribution in [0.5, 0.6) is 0 Å². The van der Waals surface area contributed by atoms with Crippen molar-refractivity contribution in [2.75, 3.05) is 11.9 Å². The van der Waals surface area contributed by atoms with Crippen LogP contribution in [0.4, 0.5) is 5.69 Å². The van der Waals surface area contributed by atoms with Gasteiger partial charge in [0.2, 0.25) is 0 Å². The van der Waals surface area contributed by atoms with Crippen LogP contribution in [0, 0.1) is 11.3 Å². The lowest BCUT2D eigenvalue weighted by atomic mass is 10.1. The van der Waals surface area contributed by atoms with Crippen molar-refractivity contribution in [3.8, 4) is 6.07 Å². The molecule has 0 saturated carbocycles. The molecule has 1 aliphatic rings. The molecule has 0 fully saturated rings. The fourth-order valence-electron chi connectivity index (χ4n) is 1.38. The van der Waals surface area contributed by atoms with Crippen molar-refractivity contribution in [2.45, 2.75) is 6.42 Å². The molecule has 0 bridgehead atoms. The number of nitrogens with one attached hydrogen (secondary N) is 1. The van der Waals surface area contributed by atoms with Crippen LogP contribution in [0.2, 0.25) is 0 Å². The van der Waals surface area contributed by atoms with Gasteiger partial charge in [0.1, 0.15) is 0 Å². The Hall–Kier alpha value is -1.82. The number of nitrogens with zero attached hydrogens (tertiary/aromatic N) is 2. The molecule has 3 nitrogen and oxygen atoms in total. The smallest absolute Gasteiger partial charge is 0.0666 e. The summed E-state index contributed by atoms with van der Waals surface area (Å²) in [5.74, 6) is 0. The maximum Gasteiger partial charge on any atom is 0.0666 e. The summed E-state index contributed by atoms with van der Waals surface area (Å²) in [6.45, 7) is 0.768. The predicted octanol–water partition coefficient (Wildman–Crippen LogP) is 1.80. The third-order valence-corrected chi connectivity index (χ3v) is 2.02. The molecule has 2 heterocycles. The van der Waals surface area contributed by atoms with Gasteiger partial charge in [-0.3, -0.25) is 4.98 Å². The van der Waals surface area contributed by atoms with Gasteiger partial charge in [-0.1, -0.05) is 0 Å². The first kappa shape index (κ1) is 7.81. The molecule has 0 amide bonds. The fraction of sp³-hybridized carbons (Fsp3) is 0.200. The Morgan fingerprint density at radius 2 is 2.54 bits per heavy atom. The van der Waals surface area contributed by atoms with Crippen LogP contribution in [0.1, 0.15) is 12.0 Å². The zero-order valence-electron chi connectivity index (χ0n) is 7.12. The first-order chi connectivity index (χ1) is 6.40. The molecule has 0 atom stereocenters. The van der Waals surface area contributed by atoms with Gasteiger partial charge in [-0.2, -0.15) is 5.26 Å². The minimum absolute atomic E-state index is 0.487. The van der Waals surface area contributed by atoms with E-state index in [0.717, 1.165) is 23.4 Å². The van der Waals surface area contributed by atoms with Gasteiger partial charge in [-0.05, 0) is 17.7 Å². The van der Waals surface area contributed by atoms with E-state index in [-0.39, 0.29) is 0 Å². The van der Waals surface area contributed by atoms with E-state index in [9.17, 15) is 0 Å². The van der Waals surface area contributed by atoms with Crippen molar-refractivity contribution >= 4 is 11.8 Å². The molecule has 0 aliphatic carbocycles. The number of rotatable bonds is 1. The number of nitriles is 1. The van der Waals surface area contributed by atoms with E-state index in [2.05, 4.69) is 16.4 Å². The number of anilines is 1. The molecule has 0 unspecified atom stereocenters. The van der Waals surface area contributed by atoms with E-state index in [4.69, 9.17) is 5.26 Å². The quantitative estimate of drug-likeness (QED) is 0.701. The van der Waals surface area contributed by atoms with Crippen LogP contribution in [0.25, 0.3) is 6.08 Å². The molecule has 0 saturated heterocycles. The third-order valence-electron chi connectivity index (χ3n) is 2.02. The molecule has 1 aromatic rings. The van der Waals surface area contributed by atoms with Crippen molar-refractivity contribution in [3.63, 3.8) is 0 Å². The molecule has 0 radical (unpaired) electrons. The van der Waals surface area contributed by atoms with Gasteiger partial charge in [0, 0.05) is 30.2 Å². The Bertz CT molecular complexity index is 387. The lowest BCUT2D eigenvalue weighted by molar-refractivity contribution is 1.11. The summed E-state index contributed by atoms with van der Waals surface area (Å²) in [6.07, 6.45) is 6.08. The Morgan fingerprint density at radius 3 is 3.38 bits per heavy atom. The second-order valence-corrected chi connectivity index (χ2v) is 2.95. The summed E-state index contributed by atoms with van der Waals surface area (Å²) in [5.41, 5.74) is 3.28. The second kappa shape index (κ2) is 3.28. The minimum Gasteiger partial charge on any atom is -0.381 e. The van der Waals surface area contributed by atoms with Crippen LogP contribution in [0.3, 0.4) is 0 Å². The van der Waals surface area contributed by atoms with E-state index in [0.29, 0.717) is 6.42 Å². The average molecular weight is 171 g/mol. The monoisotopic (exact) mass is 171 g/mol. The lowest BCUT2D eigenvalue weighted by Gasteiger charge is -2.16. The second-order valence-electron chi connectivity index (χ2n) is 2.95. The molecule has 1 aliphatic heterocycles. The summed E-state index contributed by atoms with van der Waals surface area (Å²) in [5, 5.41) is 11.8. The number of aromatic nitrogens is 1. The molecule has 2 rings (SSSR count). The van der Waals surface area contributed by atoms with E-state index >= 15 is 0 Å². The van der Waals surface area contributed by atoms with Crippen molar-refractivity contribution < 1.29 is 0 Å². The maximum atomic E-state index is 8.53. The molecule has 0 aromatic carbocycles. The number of pyridine rings is 1. The van der Waals surface area contributed by atoms with Crippen molar-refractivity contribution in [1.29, 1.82) is 5.26 Å². The van der Waals surface area contributed by atoms with Gasteiger partial charge in [-0.25, -0.2) is 0 Å². The highest BCUT2D eigenvalue weighted by Gasteiger charge is 2.07. The highest BCUT2D eigenvalue weighted by Crippen LogP contribution is 2.22. The molecule has 1 aromatic heterocycles. The van der Waals surface area contributed by atoms with E-state index in [1.807, 2.05) is 12.1 Å². The van der Waals surface area contributed by atoms with Crippen molar-refractivity contribution in [3.05, 3.63) is 29.6 Å². The predicted molar refractivity (Wildman–Crippen MR) is 50.9 cm³/mol. The normalized spacial score (nSPS) is 13.6. The molecular weight excluding hydrogens is 162 g/mol. The highest BCUT2D eigenvalue weighted by atomic mass is 14.9. The summed E-state index contributed by atoms with van der Waals surface area (Å²) in [6, 6.07) is 4.08. The molecule has 13 heavy (non-hydrogen) atoms. The van der Waals surface area contributed by atoms with Crippen LogP contribution in [-0.2, 0) is 0 Å². The molecule has 64 valence electrons. The lowest BCUT2D eigenvalue weighted by Crippen LogP contribution is -2.10. The van der Waals surface area contributed by atoms with Crippen LogP contribution in [-0.4, -0.2) is 11.5 Å². The third kappa shape index (κ3) is 1.52. The average Bonchev–Trinajstić information content (AvgIpc) is 2.18. The van der Waals surface area contributed by atoms with E-state index in [1.165, 1.54) is 0 Å². The first-order valence-electron chi connectivity index (χ1n) is 4.14. The van der Waals surface area contributed by atoms with Crippen molar-refractivity contribution in [2.24, 2.45) is 0 Å². The topological polar surface area (TPSA) is 48.7 Å². The molecule has 3 heteroatoms. The summed E-state index contributed by atoms with van der Waals surface area (Å²) < 4.78 is 0. The highest BCUT2D eigenvalue weighted by molar-refractivity contribution is 5.71. The van der Waals surface area contributed by atoms with E-state index in [1.54, 1.807) is 12.4 Å². The van der Waals surface area contributed by atoms with Gasteiger partial charge in [0.05, 0.1) is 12.5 Å². The van der Waals surface area contributed by atoms with Gasteiger partial charge in [0.25, 0.3) is 0 Å². The van der Waals surface area contributed by atoms with Gasteiger partial charge in [-0.15, -0.1) is 0 Å². The number of fused-ring (bicyclic) bond motifs is 1. The number of hydrogen-bond donors (Lipinski definition) is 1. The Morgan fingerprint density at radius 1 is 1.62 bits per heavy atom. The maximum absolute atomic E-state index is 8.53. The molecule has 1 N–H and O–H groups in total. The van der Waals surface area contributed by atoms with E-state index < -0.39 is 0 Å². The van der Waals surface area contributed by atoms with Crippen molar-refractivity contribution in [1.82, 2.24) is 4.98 Å². The Kier molecular flexibility index (Phi) is 1.97. The zero-order chi connectivity index (χ0) is 9.10. The summed E-state index contributed by atoms with van der Waals surface area (Å²) >= 11 is 0. The van der Waals surface area contributed by atoms with Gasteiger partial charge in [0.15, 0.2) is 0 Å². The van der Waals surface area contributed by atoms with Crippen LogP contribution >= 0.6 is 0 Å². The largest absolute Gasteiger partial charge is 0.381 e. The molecular formula is C10H9N3. The fourth-order valence-corrected chi connectivity index (χ4v) is 1.38. The zero-order valence-corrected chi connectivity index (χ0v) is 7.12. The minimum atomic E-state index is 0.487. The van der Waals surface area contributed by atoms with Gasteiger partial charge < -0.3 is 5.32 Å². The Labute approximate surface area is 76.7 Å². The summed E-state index contributed by atoms with van der Waals surface area (Å²) in [7, 11) is 0.